The summed E-state index contributed by atoms with van der Waals surface area (Å²) in [5.74, 6) is -0.199. The molecule has 0 amide bonds. The number of nitrogens with zero attached hydrogens (tertiary/aromatic N) is 2. The third-order valence-electron chi connectivity index (χ3n) is 2.05. The predicted octanol–water partition coefficient (Wildman–Crippen LogP) is 1.17. The maximum absolute atomic E-state index is 11.4. The summed E-state index contributed by atoms with van der Waals surface area (Å²) in [6.07, 6.45) is 1.15. The topological polar surface area (TPSA) is 53.3 Å². The largest absolute Gasteiger partial charge is 0.465 e. The molecule has 0 saturated carbocycles. The summed E-state index contributed by atoms with van der Waals surface area (Å²) in [5.41, 5.74) is 0. The van der Waals surface area contributed by atoms with Gasteiger partial charge in [-0.15, -0.1) is 0 Å². The van der Waals surface area contributed by atoms with Gasteiger partial charge in [-0.25, -0.2) is 0 Å². The van der Waals surface area contributed by atoms with Crippen LogP contribution in [-0.2, 0) is 9.53 Å². The van der Waals surface area contributed by atoms with Crippen molar-refractivity contribution in [2.45, 2.75) is 32.7 Å². The predicted molar refractivity (Wildman–Crippen MR) is 53.6 cm³/mol. The second kappa shape index (κ2) is 7.34. The number of hydrogen-bond acceptors (Lipinski definition) is 4. The van der Waals surface area contributed by atoms with E-state index in [1.165, 1.54) is 0 Å². The van der Waals surface area contributed by atoms with Crippen LogP contribution in [0.5, 0.6) is 0 Å². The van der Waals surface area contributed by atoms with E-state index < -0.39 is 0 Å². The lowest BCUT2D eigenvalue weighted by molar-refractivity contribution is -0.149. The van der Waals surface area contributed by atoms with Gasteiger partial charge in [-0.3, -0.25) is 9.69 Å². The maximum Gasteiger partial charge on any atom is 0.323 e. The minimum atomic E-state index is -0.219. The van der Waals surface area contributed by atoms with E-state index in [0.717, 1.165) is 0 Å². The van der Waals surface area contributed by atoms with Crippen LogP contribution in [0.15, 0.2) is 0 Å². The molecule has 0 heterocycles. The van der Waals surface area contributed by atoms with Crippen LogP contribution in [0.25, 0.3) is 0 Å². The molecule has 0 radical (unpaired) electrons. The van der Waals surface area contributed by atoms with Gasteiger partial charge in [0, 0.05) is 13.0 Å². The van der Waals surface area contributed by atoms with Crippen LogP contribution in [0.3, 0.4) is 0 Å². The van der Waals surface area contributed by atoms with Crippen LogP contribution in [0.4, 0.5) is 0 Å². The lowest BCUT2D eigenvalue weighted by Gasteiger charge is -2.24. The van der Waals surface area contributed by atoms with Crippen molar-refractivity contribution < 1.29 is 9.53 Å². The molecular formula is C10H18N2O2. The first kappa shape index (κ1) is 12.9. The van der Waals surface area contributed by atoms with E-state index in [-0.39, 0.29) is 12.0 Å². The van der Waals surface area contributed by atoms with Gasteiger partial charge in [0.05, 0.1) is 12.7 Å². The molecule has 14 heavy (non-hydrogen) atoms. The van der Waals surface area contributed by atoms with Gasteiger partial charge in [-0.1, -0.05) is 6.92 Å². The smallest absolute Gasteiger partial charge is 0.323 e. The SMILES string of the molecule is CCOC(=O)C(CC)N(C)CCC#N. The van der Waals surface area contributed by atoms with Gasteiger partial charge in [-0.2, -0.15) is 5.26 Å². The van der Waals surface area contributed by atoms with E-state index in [1.807, 2.05) is 18.9 Å². The van der Waals surface area contributed by atoms with Gasteiger partial charge in [0.1, 0.15) is 6.04 Å². The molecule has 4 nitrogen and oxygen atoms in total. The van der Waals surface area contributed by atoms with Gasteiger partial charge in [0.15, 0.2) is 0 Å². The van der Waals surface area contributed by atoms with E-state index in [0.29, 0.717) is 26.0 Å². The van der Waals surface area contributed by atoms with Crippen LogP contribution >= 0.6 is 0 Å². The van der Waals surface area contributed by atoms with Crippen molar-refractivity contribution in [3.05, 3.63) is 0 Å². The summed E-state index contributed by atoms with van der Waals surface area (Å²) in [5, 5.41) is 8.42. The molecule has 0 rings (SSSR count). The number of rotatable bonds is 6. The lowest BCUT2D eigenvalue weighted by atomic mass is 10.2. The summed E-state index contributed by atoms with van der Waals surface area (Å²) < 4.78 is 4.93. The normalized spacial score (nSPS) is 12.2. The standard InChI is InChI=1S/C10H18N2O2/c1-4-9(10(13)14-5-2)12(3)8-6-7-11/h9H,4-6,8H2,1-3H3. The van der Waals surface area contributed by atoms with Gasteiger partial charge in [0.25, 0.3) is 0 Å². The minimum Gasteiger partial charge on any atom is -0.465 e. The number of hydrogen-bond donors (Lipinski definition) is 0. The summed E-state index contributed by atoms with van der Waals surface area (Å²) in [4.78, 5) is 13.3. The number of carbonyl (C=O) groups is 1. The Morgan fingerprint density at radius 1 is 1.57 bits per heavy atom. The fraction of sp³-hybridized carbons (Fsp3) is 0.800. The van der Waals surface area contributed by atoms with Crippen molar-refractivity contribution in [1.82, 2.24) is 4.90 Å². The number of esters is 1. The highest BCUT2D eigenvalue weighted by Gasteiger charge is 2.21. The highest BCUT2D eigenvalue weighted by Crippen LogP contribution is 2.04. The number of ether oxygens (including phenoxy) is 1. The minimum absolute atomic E-state index is 0.199. The molecule has 1 unspecified atom stereocenters. The molecule has 0 aromatic carbocycles. The van der Waals surface area contributed by atoms with Gasteiger partial charge >= 0.3 is 5.97 Å². The van der Waals surface area contributed by atoms with E-state index in [2.05, 4.69) is 6.07 Å². The summed E-state index contributed by atoms with van der Waals surface area (Å²) in [6, 6.07) is 1.84. The van der Waals surface area contributed by atoms with E-state index in [1.54, 1.807) is 6.92 Å². The number of likely N-dealkylation sites (N-methyl/N-ethyl adjacent to an activating group) is 1. The molecule has 0 aliphatic carbocycles. The molecule has 4 heteroatoms. The monoisotopic (exact) mass is 198 g/mol. The summed E-state index contributed by atoms with van der Waals surface area (Å²) >= 11 is 0. The van der Waals surface area contributed by atoms with Crippen LogP contribution in [-0.4, -0.2) is 37.1 Å². The highest BCUT2D eigenvalue weighted by atomic mass is 16.5. The Kier molecular flexibility index (Phi) is 6.77. The third-order valence-corrected chi connectivity index (χ3v) is 2.05. The van der Waals surface area contributed by atoms with Crippen molar-refractivity contribution in [3.8, 4) is 6.07 Å². The Bertz CT molecular complexity index is 211. The Morgan fingerprint density at radius 3 is 2.64 bits per heavy atom. The Hall–Kier alpha value is -1.08. The average molecular weight is 198 g/mol. The molecule has 0 bridgehead atoms. The molecule has 0 aliphatic heterocycles. The number of carbonyl (C=O) groups excluding carboxylic acids is 1. The molecule has 0 fully saturated rings. The quantitative estimate of drug-likeness (QED) is 0.601. The van der Waals surface area contributed by atoms with E-state index in [9.17, 15) is 4.79 Å². The first-order chi connectivity index (χ1) is 6.67. The van der Waals surface area contributed by atoms with E-state index in [4.69, 9.17) is 10.00 Å². The average Bonchev–Trinajstić information content (AvgIpc) is 2.16. The molecular weight excluding hydrogens is 180 g/mol. The molecule has 0 spiro atoms. The molecule has 0 aromatic heterocycles. The van der Waals surface area contributed by atoms with Crippen LogP contribution in [0.2, 0.25) is 0 Å². The third kappa shape index (κ3) is 4.24. The summed E-state index contributed by atoms with van der Waals surface area (Å²) in [6.45, 7) is 4.74. The Labute approximate surface area is 85.5 Å². The van der Waals surface area contributed by atoms with Gasteiger partial charge in [-0.05, 0) is 20.4 Å². The maximum atomic E-state index is 11.4. The fourth-order valence-electron chi connectivity index (χ4n) is 1.28. The number of nitriles is 1. The molecule has 0 saturated heterocycles. The summed E-state index contributed by atoms with van der Waals surface area (Å²) in [7, 11) is 1.84. The molecule has 0 N–H and O–H groups in total. The first-order valence-corrected chi connectivity index (χ1v) is 4.91. The Balaban J connectivity index is 4.11. The van der Waals surface area contributed by atoms with Crippen molar-refractivity contribution >= 4 is 5.97 Å². The first-order valence-electron chi connectivity index (χ1n) is 4.91. The second-order valence-electron chi connectivity index (χ2n) is 3.06. The molecule has 0 aliphatic rings. The van der Waals surface area contributed by atoms with Crippen LogP contribution in [0, 0.1) is 11.3 Å². The zero-order valence-electron chi connectivity index (χ0n) is 9.12. The molecule has 0 aromatic rings. The molecule has 80 valence electrons. The van der Waals surface area contributed by atoms with Gasteiger partial charge < -0.3 is 4.74 Å². The zero-order chi connectivity index (χ0) is 11.0. The van der Waals surface area contributed by atoms with Crippen LogP contribution < -0.4 is 0 Å². The fourth-order valence-corrected chi connectivity index (χ4v) is 1.28. The lowest BCUT2D eigenvalue weighted by Crippen LogP contribution is -2.39. The van der Waals surface area contributed by atoms with E-state index >= 15 is 0 Å². The molecule has 1 atom stereocenters. The van der Waals surface area contributed by atoms with Gasteiger partial charge in [0.2, 0.25) is 0 Å². The van der Waals surface area contributed by atoms with Crippen molar-refractivity contribution in [2.75, 3.05) is 20.2 Å². The van der Waals surface area contributed by atoms with Crippen molar-refractivity contribution in [3.63, 3.8) is 0 Å². The highest BCUT2D eigenvalue weighted by molar-refractivity contribution is 5.75. The zero-order valence-corrected chi connectivity index (χ0v) is 9.12. The Morgan fingerprint density at radius 2 is 2.21 bits per heavy atom. The van der Waals surface area contributed by atoms with Crippen LogP contribution in [0.1, 0.15) is 26.7 Å². The van der Waals surface area contributed by atoms with Crippen molar-refractivity contribution in [1.29, 1.82) is 5.26 Å². The second-order valence-corrected chi connectivity index (χ2v) is 3.06. The van der Waals surface area contributed by atoms with Crippen molar-refractivity contribution in [2.24, 2.45) is 0 Å².